The predicted octanol–water partition coefficient (Wildman–Crippen LogP) is 2.08. The third-order valence-corrected chi connectivity index (χ3v) is 3.33. The Balaban J connectivity index is 2.14. The molecular weight excluding hydrogens is 200 g/mol. The van der Waals surface area contributed by atoms with Crippen LogP contribution in [0.5, 0.6) is 0 Å². The highest BCUT2D eigenvalue weighted by Crippen LogP contribution is 2.29. The van der Waals surface area contributed by atoms with E-state index in [0.717, 1.165) is 31.7 Å². The molecule has 16 heavy (non-hydrogen) atoms. The van der Waals surface area contributed by atoms with Gasteiger partial charge in [-0.2, -0.15) is 0 Å². The van der Waals surface area contributed by atoms with Crippen molar-refractivity contribution >= 4 is 0 Å². The van der Waals surface area contributed by atoms with E-state index in [0.29, 0.717) is 12.0 Å². The maximum Gasteiger partial charge on any atom is 0.0469 e. The molecular formula is C13H20N2O. The van der Waals surface area contributed by atoms with Gasteiger partial charge in [-0.05, 0) is 50.4 Å². The molecule has 0 spiro atoms. The van der Waals surface area contributed by atoms with Gasteiger partial charge in [0.15, 0.2) is 0 Å². The number of hydrogen-bond acceptors (Lipinski definition) is 3. The molecule has 3 heteroatoms. The average molecular weight is 220 g/mol. The Morgan fingerprint density at radius 2 is 2.19 bits per heavy atom. The fourth-order valence-corrected chi connectivity index (χ4v) is 2.48. The Labute approximate surface area is 97.2 Å². The first-order valence-corrected chi connectivity index (χ1v) is 5.99. The van der Waals surface area contributed by atoms with E-state index in [1.807, 2.05) is 20.2 Å². The molecule has 2 heterocycles. The zero-order valence-electron chi connectivity index (χ0n) is 10.1. The topological polar surface area (TPSA) is 34.2 Å². The summed E-state index contributed by atoms with van der Waals surface area (Å²) < 4.78 is 5.41. The summed E-state index contributed by atoms with van der Waals surface area (Å²) in [7, 11) is 2.04. The molecule has 1 aromatic heterocycles. The Bertz CT molecular complexity index is 334. The van der Waals surface area contributed by atoms with E-state index in [4.69, 9.17) is 4.74 Å². The van der Waals surface area contributed by atoms with E-state index in [9.17, 15) is 0 Å². The van der Waals surface area contributed by atoms with Gasteiger partial charge < -0.3 is 10.1 Å². The second-order valence-electron chi connectivity index (χ2n) is 4.45. The third-order valence-electron chi connectivity index (χ3n) is 3.33. The number of nitrogens with zero attached hydrogens (tertiary/aromatic N) is 1. The lowest BCUT2D eigenvalue weighted by atomic mass is 9.87. The Morgan fingerprint density at radius 1 is 1.44 bits per heavy atom. The number of nitrogens with one attached hydrogen (secondary N) is 1. The van der Waals surface area contributed by atoms with Crippen molar-refractivity contribution in [2.45, 2.75) is 25.8 Å². The summed E-state index contributed by atoms with van der Waals surface area (Å²) in [6.45, 7) is 3.83. The molecule has 3 nitrogen and oxygen atoms in total. The maximum atomic E-state index is 5.41. The van der Waals surface area contributed by atoms with Crippen molar-refractivity contribution in [3.63, 3.8) is 0 Å². The van der Waals surface area contributed by atoms with Crippen LogP contribution < -0.4 is 5.32 Å². The quantitative estimate of drug-likeness (QED) is 0.847. The molecule has 1 fully saturated rings. The van der Waals surface area contributed by atoms with Crippen LogP contribution in [0.4, 0.5) is 0 Å². The van der Waals surface area contributed by atoms with Crippen molar-refractivity contribution in [3.05, 3.63) is 29.6 Å². The number of ether oxygens (including phenoxy) is 1. The van der Waals surface area contributed by atoms with Crippen LogP contribution in [-0.4, -0.2) is 25.2 Å². The lowest BCUT2D eigenvalue weighted by Crippen LogP contribution is -2.30. The second kappa shape index (κ2) is 5.41. The largest absolute Gasteiger partial charge is 0.381 e. The average Bonchev–Trinajstić information content (AvgIpc) is 2.31. The zero-order valence-corrected chi connectivity index (χ0v) is 10.1. The Morgan fingerprint density at radius 3 is 2.81 bits per heavy atom. The molecule has 2 rings (SSSR count). The van der Waals surface area contributed by atoms with Crippen molar-refractivity contribution in [2.24, 2.45) is 5.92 Å². The minimum Gasteiger partial charge on any atom is -0.381 e. The van der Waals surface area contributed by atoms with Gasteiger partial charge in [-0.25, -0.2) is 0 Å². The first-order chi connectivity index (χ1) is 7.81. The predicted molar refractivity (Wildman–Crippen MR) is 64.3 cm³/mol. The molecule has 0 aromatic carbocycles. The van der Waals surface area contributed by atoms with Gasteiger partial charge in [0, 0.05) is 31.1 Å². The van der Waals surface area contributed by atoms with Crippen molar-refractivity contribution in [3.8, 4) is 0 Å². The van der Waals surface area contributed by atoms with Crippen molar-refractivity contribution in [2.75, 3.05) is 20.3 Å². The summed E-state index contributed by atoms with van der Waals surface area (Å²) in [5.41, 5.74) is 2.44. The monoisotopic (exact) mass is 220 g/mol. The number of hydrogen-bond donors (Lipinski definition) is 1. The third kappa shape index (κ3) is 2.60. The van der Waals surface area contributed by atoms with Crippen LogP contribution in [0.1, 0.15) is 30.1 Å². The summed E-state index contributed by atoms with van der Waals surface area (Å²) in [6, 6.07) is 4.73. The van der Waals surface area contributed by atoms with Gasteiger partial charge in [-0.1, -0.05) is 0 Å². The fourth-order valence-electron chi connectivity index (χ4n) is 2.48. The molecule has 0 radical (unpaired) electrons. The molecule has 1 aromatic rings. The Kier molecular flexibility index (Phi) is 3.91. The first kappa shape index (κ1) is 11.6. The van der Waals surface area contributed by atoms with Crippen LogP contribution in [0.2, 0.25) is 0 Å². The van der Waals surface area contributed by atoms with Gasteiger partial charge in [0.25, 0.3) is 0 Å². The molecule has 1 unspecified atom stereocenters. The van der Waals surface area contributed by atoms with Crippen molar-refractivity contribution in [1.82, 2.24) is 10.3 Å². The zero-order chi connectivity index (χ0) is 11.4. The first-order valence-electron chi connectivity index (χ1n) is 5.99. The van der Waals surface area contributed by atoms with E-state index >= 15 is 0 Å². The highest BCUT2D eigenvalue weighted by molar-refractivity contribution is 5.20. The van der Waals surface area contributed by atoms with E-state index in [2.05, 4.69) is 22.4 Å². The lowest BCUT2D eigenvalue weighted by Gasteiger charge is -2.30. The normalized spacial score (nSPS) is 19.6. The summed E-state index contributed by atoms with van der Waals surface area (Å²) in [5.74, 6) is 0.681. The minimum absolute atomic E-state index is 0.436. The van der Waals surface area contributed by atoms with Crippen LogP contribution >= 0.6 is 0 Å². The SMILES string of the molecule is CNC(c1ccnc(C)c1)C1CCOCC1. The number of aryl methyl sites for hydroxylation is 1. The number of rotatable bonds is 3. The molecule has 0 amide bonds. The molecule has 0 bridgehead atoms. The van der Waals surface area contributed by atoms with Gasteiger partial charge in [0.2, 0.25) is 0 Å². The lowest BCUT2D eigenvalue weighted by molar-refractivity contribution is 0.0546. The van der Waals surface area contributed by atoms with Crippen LogP contribution in [0, 0.1) is 12.8 Å². The fraction of sp³-hybridized carbons (Fsp3) is 0.615. The van der Waals surface area contributed by atoms with E-state index in [1.165, 1.54) is 5.56 Å². The second-order valence-corrected chi connectivity index (χ2v) is 4.45. The molecule has 88 valence electrons. The molecule has 1 aliphatic rings. The molecule has 0 saturated carbocycles. The number of pyridine rings is 1. The molecule has 1 atom stereocenters. The molecule has 1 saturated heterocycles. The number of aromatic nitrogens is 1. The highest BCUT2D eigenvalue weighted by atomic mass is 16.5. The van der Waals surface area contributed by atoms with Crippen LogP contribution in [0.15, 0.2) is 18.3 Å². The van der Waals surface area contributed by atoms with Crippen LogP contribution in [0.3, 0.4) is 0 Å². The van der Waals surface area contributed by atoms with Crippen molar-refractivity contribution < 1.29 is 4.74 Å². The standard InChI is InChI=1S/C13H20N2O/c1-10-9-12(3-6-15-10)13(14-2)11-4-7-16-8-5-11/h3,6,9,11,13-14H,4-5,7-8H2,1-2H3. The summed E-state index contributed by atoms with van der Waals surface area (Å²) in [4.78, 5) is 4.25. The summed E-state index contributed by atoms with van der Waals surface area (Å²) >= 11 is 0. The summed E-state index contributed by atoms with van der Waals surface area (Å²) in [6.07, 6.45) is 4.19. The van der Waals surface area contributed by atoms with Gasteiger partial charge in [-0.15, -0.1) is 0 Å². The van der Waals surface area contributed by atoms with Crippen LogP contribution in [-0.2, 0) is 4.74 Å². The van der Waals surface area contributed by atoms with E-state index in [1.54, 1.807) is 0 Å². The van der Waals surface area contributed by atoms with E-state index in [-0.39, 0.29) is 0 Å². The van der Waals surface area contributed by atoms with Gasteiger partial charge in [-0.3, -0.25) is 4.98 Å². The van der Waals surface area contributed by atoms with Gasteiger partial charge >= 0.3 is 0 Å². The van der Waals surface area contributed by atoms with Crippen LogP contribution in [0.25, 0.3) is 0 Å². The Hall–Kier alpha value is -0.930. The van der Waals surface area contributed by atoms with Gasteiger partial charge in [0.05, 0.1) is 0 Å². The maximum absolute atomic E-state index is 5.41. The van der Waals surface area contributed by atoms with Crippen molar-refractivity contribution in [1.29, 1.82) is 0 Å². The minimum atomic E-state index is 0.436. The van der Waals surface area contributed by atoms with Gasteiger partial charge in [0.1, 0.15) is 0 Å². The highest BCUT2D eigenvalue weighted by Gasteiger charge is 2.24. The molecule has 1 aliphatic heterocycles. The smallest absolute Gasteiger partial charge is 0.0469 e. The summed E-state index contributed by atoms with van der Waals surface area (Å²) in [5, 5.41) is 3.43. The molecule has 0 aliphatic carbocycles. The van der Waals surface area contributed by atoms with E-state index < -0.39 is 0 Å². The molecule has 1 N–H and O–H groups in total.